The maximum Gasteiger partial charge on any atom is 0.302 e. The van der Waals surface area contributed by atoms with Gasteiger partial charge in [-0.05, 0) is 62.2 Å². The van der Waals surface area contributed by atoms with Crippen LogP contribution in [0.15, 0.2) is 0 Å². The van der Waals surface area contributed by atoms with Crippen molar-refractivity contribution < 1.29 is 28.6 Å². The second-order valence-corrected chi connectivity index (χ2v) is 11.4. The lowest BCUT2D eigenvalue weighted by atomic mass is 9.43. The first kappa shape index (κ1) is 21.6. The van der Waals surface area contributed by atoms with E-state index in [0.29, 0.717) is 31.5 Å². The van der Waals surface area contributed by atoms with Gasteiger partial charge in [0.1, 0.15) is 17.7 Å². The van der Waals surface area contributed by atoms with Crippen LogP contribution in [-0.4, -0.2) is 42.6 Å². The summed E-state index contributed by atoms with van der Waals surface area (Å²) >= 11 is 0. The Hall–Kier alpha value is -1.27. The normalized spacial score (nSPS) is 48.1. The zero-order chi connectivity index (χ0) is 22.2. The molecule has 0 aromatic carbocycles. The molecule has 1 spiro atoms. The fraction of sp³-hybridized carbons (Fsp3) is 0.880. The Labute approximate surface area is 184 Å². The van der Waals surface area contributed by atoms with Gasteiger partial charge in [-0.3, -0.25) is 14.4 Å². The Bertz CT molecular complexity index is 800. The summed E-state index contributed by atoms with van der Waals surface area (Å²) in [5.41, 5.74) is -0.702. The van der Waals surface area contributed by atoms with Crippen LogP contribution in [0, 0.1) is 40.4 Å². The van der Waals surface area contributed by atoms with Crippen molar-refractivity contribution in [2.24, 2.45) is 40.4 Å². The molecule has 4 aliphatic carbocycles. The minimum atomic E-state index is -0.749. The van der Waals surface area contributed by atoms with Crippen LogP contribution in [0.25, 0.3) is 0 Å². The first-order valence-electron chi connectivity index (χ1n) is 12.1. The lowest BCUT2D eigenvalue weighted by Crippen LogP contribution is -2.64. The number of Topliss-reactive ketones (excluding diaryl/α,β-unsaturated/α-hetero) is 2. The van der Waals surface area contributed by atoms with Crippen LogP contribution < -0.4 is 0 Å². The Morgan fingerprint density at radius 3 is 2.35 bits per heavy atom. The quantitative estimate of drug-likeness (QED) is 0.619. The van der Waals surface area contributed by atoms with E-state index in [1.165, 1.54) is 6.92 Å². The molecular weight excluding hydrogens is 396 g/mol. The molecule has 5 fully saturated rings. The van der Waals surface area contributed by atoms with Crippen LogP contribution in [0.5, 0.6) is 0 Å². The molecule has 0 bridgehead atoms. The van der Waals surface area contributed by atoms with Gasteiger partial charge in [-0.1, -0.05) is 13.8 Å². The maximum atomic E-state index is 13.8. The zero-order valence-electron chi connectivity index (χ0n) is 19.3. The van der Waals surface area contributed by atoms with Crippen molar-refractivity contribution in [2.45, 2.75) is 84.5 Å². The van der Waals surface area contributed by atoms with Crippen molar-refractivity contribution >= 4 is 17.5 Å². The third-order valence-electron chi connectivity index (χ3n) is 10.0. The van der Waals surface area contributed by atoms with Gasteiger partial charge in [0.05, 0.1) is 19.6 Å². The Kier molecular flexibility index (Phi) is 4.95. The Morgan fingerprint density at radius 1 is 1.00 bits per heavy atom. The number of carbonyl (C=O) groups is 3. The average Bonchev–Trinajstić information content (AvgIpc) is 3.26. The van der Waals surface area contributed by atoms with E-state index < -0.39 is 11.2 Å². The van der Waals surface area contributed by atoms with Gasteiger partial charge in [-0.15, -0.1) is 0 Å². The molecule has 5 aliphatic rings. The molecule has 6 heteroatoms. The highest BCUT2D eigenvalue weighted by atomic mass is 16.7. The molecule has 172 valence electrons. The number of carbonyl (C=O) groups excluding carboxylic acids is 3. The van der Waals surface area contributed by atoms with E-state index in [9.17, 15) is 14.4 Å². The first-order valence-corrected chi connectivity index (χ1v) is 12.1. The molecule has 1 aliphatic heterocycles. The van der Waals surface area contributed by atoms with Gasteiger partial charge in [-0.2, -0.15) is 0 Å². The van der Waals surface area contributed by atoms with E-state index in [4.69, 9.17) is 14.2 Å². The van der Waals surface area contributed by atoms with E-state index in [0.717, 1.165) is 32.1 Å². The highest BCUT2D eigenvalue weighted by Crippen LogP contribution is 2.68. The molecular formula is C25H36O6. The van der Waals surface area contributed by atoms with Gasteiger partial charge in [0, 0.05) is 30.6 Å². The lowest BCUT2D eigenvalue weighted by Gasteiger charge is -2.62. The second kappa shape index (κ2) is 7.11. The third kappa shape index (κ3) is 3.00. The zero-order valence-corrected chi connectivity index (χ0v) is 19.3. The number of ether oxygens (including phenoxy) is 3. The van der Waals surface area contributed by atoms with Gasteiger partial charge in [0.2, 0.25) is 0 Å². The van der Waals surface area contributed by atoms with Crippen LogP contribution >= 0.6 is 0 Å². The summed E-state index contributed by atoms with van der Waals surface area (Å²) in [4.78, 5) is 38.4. The number of fused-ring (bicyclic) bond motifs is 5. The van der Waals surface area contributed by atoms with Crippen LogP contribution in [0.1, 0.15) is 72.6 Å². The summed E-state index contributed by atoms with van der Waals surface area (Å²) in [7, 11) is 0. The minimum absolute atomic E-state index is 0.00480. The molecule has 4 saturated carbocycles. The van der Waals surface area contributed by atoms with Gasteiger partial charge in [0.25, 0.3) is 0 Å². The summed E-state index contributed by atoms with van der Waals surface area (Å²) in [6, 6.07) is 0. The predicted octanol–water partition coefficient (Wildman–Crippen LogP) is 3.70. The Morgan fingerprint density at radius 2 is 1.71 bits per heavy atom. The van der Waals surface area contributed by atoms with Gasteiger partial charge >= 0.3 is 5.97 Å². The highest BCUT2D eigenvalue weighted by Gasteiger charge is 2.68. The summed E-state index contributed by atoms with van der Waals surface area (Å²) in [6.07, 6.45) is 5.29. The third-order valence-corrected chi connectivity index (χ3v) is 10.0. The SMILES string of the molecule is CC(=O)O[C@@H]1C[C@]2(C)[C@H](C(C)=O)CC[C@H]2[C@H]2CC[C@H]3CC4(CC(=O)[C@]3(C)[C@@H]21)OCCO4. The lowest BCUT2D eigenvalue weighted by molar-refractivity contribution is -0.234. The summed E-state index contributed by atoms with van der Waals surface area (Å²) < 4.78 is 17.8. The minimum Gasteiger partial charge on any atom is -0.462 e. The average molecular weight is 433 g/mol. The van der Waals surface area contributed by atoms with Crippen LogP contribution in [0.4, 0.5) is 0 Å². The number of esters is 1. The van der Waals surface area contributed by atoms with E-state index in [-0.39, 0.29) is 53.2 Å². The van der Waals surface area contributed by atoms with Gasteiger partial charge in [0.15, 0.2) is 5.79 Å². The molecule has 1 saturated heterocycles. The predicted molar refractivity (Wildman–Crippen MR) is 112 cm³/mol. The number of hydrogen-bond donors (Lipinski definition) is 0. The maximum absolute atomic E-state index is 13.8. The van der Waals surface area contributed by atoms with Crippen molar-refractivity contribution in [3.63, 3.8) is 0 Å². The van der Waals surface area contributed by atoms with Crippen LogP contribution in [0.2, 0.25) is 0 Å². The van der Waals surface area contributed by atoms with Crippen molar-refractivity contribution in [2.75, 3.05) is 13.2 Å². The molecule has 31 heavy (non-hydrogen) atoms. The molecule has 0 unspecified atom stereocenters. The summed E-state index contributed by atoms with van der Waals surface area (Å²) in [6.45, 7) is 8.61. The van der Waals surface area contributed by atoms with E-state index >= 15 is 0 Å². The van der Waals surface area contributed by atoms with Crippen molar-refractivity contribution in [1.29, 1.82) is 0 Å². The largest absolute Gasteiger partial charge is 0.462 e. The van der Waals surface area contributed by atoms with E-state index in [1.807, 2.05) is 0 Å². The molecule has 1 heterocycles. The smallest absolute Gasteiger partial charge is 0.302 e. The Balaban J connectivity index is 1.53. The topological polar surface area (TPSA) is 78.9 Å². The number of hydrogen-bond acceptors (Lipinski definition) is 6. The highest BCUT2D eigenvalue weighted by molar-refractivity contribution is 5.87. The number of ketones is 2. The van der Waals surface area contributed by atoms with Crippen molar-refractivity contribution in [3.05, 3.63) is 0 Å². The fourth-order valence-electron chi connectivity index (χ4n) is 8.85. The molecule has 0 aromatic heterocycles. The summed E-state index contributed by atoms with van der Waals surface area (Å²) in [5.74, 6) is 0.296. The molecule has 0 N–H and O–H groups in total. The van der Waals surface area contributed by atoms with Crippen LogP contribution in [0.3, 0.4) is 0 Å². The monoisotopic (exact) mass is 432 g/mol. The van der Waals surface area contributed by atoms with Crippen molar-refractivity contribution in [1.82, 2.24) is 0 Å². The van der Waals surface area contributed by atoms with E-state index in [2.05, 4.69) is 13.8 Å². The second-order valence-electron chi connectivity index (χ2n) is 11.4. The molecule has 0 amide bonds. The van der Waals surface area contributed by atoms with Crippen molar-refractivity contribution in [3.8, 4) is 0 Å². The first-order chi connectivity index (χ1) is 14.6. The fourth-order valence-corrected chi connectivity index (χ4v) is 8.85. The molecule has 5 rings (SSSR count). The molecule has 0 aromatic rings. The standard InChI is InChI=1S/C25H36O6/c1-14(26)18-7-8-19-17-6-5-16-11-25(29-9-10-30-25)13-21(28)24(16,4)22(17)20(31-15(2)27)12-23(18,19)3/h16-20,22H,5-13H2,1-4H3/t16-,17+,18-,19-,20+,22-,23+,24+/m0/s1. The molecule has 6 nitrogen and oxygen atoms in total. The van der Waals surface area contributed by atoms with Gasteiger partial charge in [-0.25, -0.2) is 0 Å². The number of rotatable bonds is 2. The van der Waals surface area contributed by atoms with E-state index in [1.54, 1.807) is 6.92 Å². The van der Waals surface area contributed by atoms with Crippen LogP contribution in [-0.2, 0) is 28.6 Å². The summed E-state index contributed by atoms with van der Waals surface area (Å²) in [5, 5.41) is 0. The van der Waals surface area contributed by atoms with Gasteiger partial charge < -0.3 is 14.2 Å². The molecule has 8 atom stereocenters. The molecule has 0 radical (unpaired) electrons.